The minimum atomic E-state index is -1.07. The van der Waals surface area contributed by atoms with Crippen molar-refractivity contribution in [1.29, 1.82) is 0 Å². The topological polar surface area (TPSA) is 50.2 Å². The van der Waals surface area contributed by atoms with E-state index in [1.807, 2.05) is 0 Å². The summed E-state index contributed by atoms with van der Waals surface area (Å²) in [5.74, 6) is -0.953. The second kappa shape index (κ2) is 6.04. The van der Waals surface area contributed by atoms with Gasteiger partial charge in [0.25, 0.3) is 0 Å². The van der Waals surface area contributed by atoms with Gasteiger partial charge in [0, 0.05) is 16.8 Å². The van der Waals surface area contributed by atoms with E-state index in [0.29, 0.717) is 5.75 Å². The van der Waals surface area contributed by atoms with Crippen molar-refractivity contribution in [2.24, 2.45) is 0 Å². The van der Waals surface area contributed by atoms with Crippen LogP contribution in [0.5, 0.6) is 0 Å². The molecule has 0 amide bonds. The molecule has 0 radical (unpaired) electrons. The molecule has 1 aromatic carbocycles. The fourth-order valence-corrected chi connectivity index (χ4v) is 2.51. The molecule has 0 bridgehead atoms. The third kappa shape index (κ3) is 3.68. The van der Waals surface area contributed by atoms with Crippen LogP contribution in [0.3, 0.4) is 0 Å². The van der Waals surface area contributed by atoms with Gasteiger partial charge in [0.2, 0.25) is 0 Å². The lowest BCUT2D eigenvalue weighted by molar-refractivity contribution is 0.0697. The Labute approximate surface area is 118 Å². The van der Waals surface area contributed by atoms with E-state index in [1.165, 1.54) is 30.0 Å². The van der Waals surface area contributed by atoms with Crippen LogP contribution >= 0.6 is 23.4 Å². The van der Waals surface area contributed by atoms with Crippen LogP contribution in [0.4, 0.5) is 4.39 Å². The molecule has 0 saturated carbocycles. The second-order valence-electron chi connectivity index (χ2n) is 3.75. The number of hydrogen-bond acceptors (Lipinski definition) is 3. The van der Waals surface area contributed by atoms with Crippen molar-refractivity contribution < 1.29 is 14.3 Å². The van der Waals surface area contributed by atoms with Gasteiger partial charge in [-0.25, -0.2) is 9.18 Å². The molecule has 2 rings (SSSR count). The van der Waals surface area contributed by atoms with Crippen LogP contribution in [-0.4, -0.2) is 16.1 Å². The molecule has 0 fully saturated rings. The number of pyridine rings is 1. The minimum absolute atomic E-state index is 0.0593. The van der Waals surface area contributed by atoms with Crippen molar-refractivity contribution in [3.05, 3.63) is 58.6 Å². The van der Waals surface area contributed by atoms with E-state index in [-0.39, 0.29) is 16.4 Å². The first kappa shape index (κ1) is 13.8. The standard InChI is InChI=1S/C13H9ClFNO2S/c14-12-2-1-10(4-11(12)13(17)18)19-7-8-3-9(15)6-16-5-8/h1-6H,7H2,(H,17,18). The van der Waals surface area contributed by atoms with Crippen LogP contribution in [0.25, 0.3) is 0 Å². The molecule has 1 aromatic heterocycles. The highest BCUT2D eigenvalue weighted by Gasteiger charge is 2.09. The van der Waals surface area contributed by atoms with E-state index in [9.17, 15) is 9.18 Å². The van der Waals surface area contributed by atoms with Crippen molar-refractivity contribution >= 4 is 29.3 Å². The predicted octanol–water partition coefficient (Wildman–Crippen LogP) is 3.86. The number of aromatic nitrogens is 1. The summed E-state index contributed by atoms with van der Waals surface area (Å²) in [7, 11) is 0. The summed E-state index contributed by atoms with van der Waals surface area (Å²) in [5, 5.41) is 9.16. The fraction of sp³-hybridized carbons (Fsp3) is 0.0769. The summed E-state index contributed by atoms with van der Waals surface area (Å²) in [6.07, 6.45) is 2.71. The average Bonchev–Trinajstić information content (AvgIpc) is 2.37. The Morgan fingerprint density at radius 2 is 2.16 bits per heavy atom. The Kier molecular flexibility index (Phi) is 4.39. The highest BCUT2D eigenvalue weighted by Crippen LogP contribution is 2.27. The quantitative estimate of drug-likeness (QED) is 0.871. The van der Waals surface area contributed by atoms with Crippen molar-refractivity contribution in [3.8, 4) is 0 Å². The largest absolute Gasteiger partial charge is 0.478 e. The van der Waals surface area contributed by atoms with E-state index in [4.69, 9.17) is 16.7 Å². The van der Waals surface area contributed by atoms with Gasteiger partial charge in [-0.1, -0.05) is 11.6 Å². The number of hydrogen-bond donors (Lipinski definition) is 1. The number of thioether (sulfide) groups is 1. The number of rotatable bonds is 4. The maximum absolute atomic E-state index is 12.9. The van der Waals surface area contributed by atoms with E-state index in [1.54, 1.807) is 12.3 Å². The fourth-order valence-electron chi connectivity index (χ4n) is 1.46. The summed E-state index contributed by atoms with van der Waals surface area (Å²) in [4.78, 5) is 15.4. The predicted molar refractivity (Wildman–Crippen MR) is 72.2 cm³/mol. The van der Waals surface area contributed by atoms with Crippen LogP contribution in [0, 0.1) is 5.82 Å². The Bertz CT molecular complexity index is 621. The SMILES string of the molecule is O=C(O)c1cc(SCc2cncc(F)c2)ccc1Cl. The van der Waals surface area contributed by atoms with E-state index in [0.717, 1.165) is 16.7 Å². The van der Waals surface area contributed by atoms with E-state index < -0.39 is 5.97 Å². The van der Waals surface area contributed by atoms with Crippen molar-refractivity contribution in [3.63, 3.8) is 0 Å². The molecule has 98 valence electrons. The molecular formula is C13H9ClFNO2S. The number of carboxylic acids is 1. The van der Waals surface area contributed by atoms with Crippen LogP contribution in [-0.2, 0) is 5.75 Å². The molecule has 6 heteroatoms. The molecule has 19 heavy (non-hydrogen) atoms. The summed E-state index contributed by atoms with van der Waals surface area (Å²) < 4.78 is 12.9. The van der Waals surface area contributed by atoms with Crippen LogP contribution in [0.15, 0.2) is 41.6 Å². The molecule has 0 saturated heterocycles. The lowest BCUT2D eigenvalue weighted by atomic mass is 10.2. The van der Waals surface area contributed by atoms with Crippen molar-refractivity contribution in [2.75, 3.05) is 0 Å². The zero-order valence-corrected chi connectivity index (χ0v) is 11.2. The summed E-state index contributed by atoms with van der Waals surface area (Å²) >= 11 is 7.17. The van der Waals surface area contributed by atoms with E-state index >= 15 is 0 Å². The number of carboxylic acid groups (broad SMARTS) is 1. The second-order valence-corrected chi connectivity index (χ2v) is 5.20. The monoisotopic (exact) mass is 297 g/mol. The summed E-state index contributed by atoms with van der Waals surface area (Å²) in [5.41, 5.74) is 0.792. The molecule has 0 aliphatic rings. The van der Waals surface area contributed by atoms with Crippen molar-refractivity contribution in [1.82, 2.24) is 4.98 Å². The number of benzene rings is 1. The molecule has 0 atom stereocenters. The first-order valence-corrected chi connectivity index (χ1v) is 6.67. The zero-order valence-electron chi connectivity index (χ0n) is 9.64. The maximum Gasteiger partial charge on any atom is 0.337 e. The summed E-state index contributed by atoms with van der Waals surface area (Å²) in [6, 6.07) is 6.17. The minimum Gasteiger partial charge on any atom is -0.478 e. The number of halogens is 2. The van der Waals surface area contributed by atoms with Gasteiger partial charge in [0.05, 0.1) is 16.8 Å². The molecule has 3 nitrogen and oxygen atoms in total. The molecule has 0 spiro atoms. The zero-order chi connectivity index (χ0) is 13.8. The van der Waals surface area contributed by atoms with Crippen molar-refractivity contribution in [2.45, 2.75) is 10.6 Å². The molecule has 1 N–H and O–H groups in total. The van der Waals surface area contributed by atoms with Gasteiger partial charge in [-0.3, -0.25) is 4.98 Å². The normalized spacial score (nSPS) is 10.4. The molecule has 1 heterocycles. The maximum atomic E-state index is 12.9. The third-order valence-corrected chi connectivity index (χ3v) is 3.73. The summed E-state index contributed by atoms with van der Waals surface area (Å²) in [6.45, 7) is 0. The van der Waals surface area contributed by atoms with Gasteiger partial charge < -0.3 is 5.11 Å². The van der Waals surface area contributed by atoms with Gasteiger partial charge >= 0.3 is 5.97 Å². The Balaban J connectivity index is 2.12. The molecule has 0 unspecified atom stereocenters. The van der Waals surface area contributed by atoms with Crippen LogP contribution < -0.4 is 0 Å². The average molecular weight is 298 g/mol. The number of nitrogens with zero attached hydrogens (tertiary/aromatic N) is 1. The number of aromatic carboxylic acids is 1. The van der Waals surface area contributed by atoms with Crippen LogP contribution in [0.2, 0.25) is 5.02 Å². The lowest BCUT2D eigenvalue weighted by Crippen LogP contribution is -1.97. The van der Waals surface area contributed by atoms with Gasteiger partial charge in [0.1, 0.15) is 5.82 Å². The van der Waals surface area contributed by atoms with Crippen LogP contribution in [0.1, 0.15) is 15.9 Å². The first-order chi connectivity index (χ1) is 9.06. The number of carbonyl (C=O) groups is 1. The highest BCUT2D eigenvalue weighted by atomic mass is 35.5. The molecule has 0 aliphatic heterocycles. The molecule has 2 aromatic rings. The van der Waals surface area contributed by atoms with Gasteiger partial charge in [-0.15, -0.1) is 11.8 Å². The lowest BCUT2D eigenvalue weighted by Gasteiger charge is -2.04. The molecular weight excluding hydrogens is 289 g/mol. The first-order valence-electron chi connectivity index (χ1n) is 5.31. The highest BCUT2D eigenvalue weighted by molar-refractivity contribution is 7.98. The Morgan fingerprint density at radius 3 is 2.84 bits per heavy atom. The van der Waals surface area contributed by atoms with Gasteiger partial charge in [-0.2, -0.15) is 0 Å². The van der Waals surface area contributed by atoms with Gasteiger partial charge in [-0.05, 0) is 29.8 Å². The Morgan fingerprint density at radius 1 is 1.37 bits per heavy atom. The third-order valence-electron chi connectivity index (χ3n) is 2.34. The molecule has 0 aliphatic carbocycles. The van der Waals surface area contributed by atoms with Gasteiger partial charge in [0.15, 0.2) is 0 Å². The Hall–Kier alpha value is -1.59. The smallest absolute Gasteiger partial charge is 0.337 e. The van der Waals surface area contributed by atoms with E-state index in [2.05, 4.69) is 4.98 Å².